The molecule has 1 aliphatic heterocycles. The minimum atomic E-state index is -0.216. The minimum absolute atomic E-state index is 0.00693. The number of anilines is 2. The van der Waals surface area contributed by atoms with E-state index in [0.29, 0.717) is 17.8 Å². The quantitative estimate of drug-likeness (QED) is 0.879. The lowest BCUT2D eigenvalue weighted by Crippen LogP contribution is -2.41. The Balaban J connectivity index is 1.72. The molecule has 0 atom stereocenters. The molecule has 0 aromatic heterocycles. The van der Waals surface area contributed by atoms with Gasteiger partial charge in [0.05, 0.1) is 17.8 Å². The highest BCUT2D eigenvalue weighted by atomic mass is 16.2. The number of likely N-dealkylation sites (N-methyl/N-ethyl adjacent to an activating group) is 1. The van der Waals surface area contributed by atoms with Crippen molar-refractivity contribution in [3.63, 3.8) is 0 Å². The molecule has 0 bridgehead atoms. The van der Waals surface area contributed by atoms with Crippen LogP contribution in [0.15, 0.2) is 48.5 Å². The Morgan fingerprint density at radius 2 is 1.67 bits per heavy atom. The van der Waals surface area contributed by atoms with Gasteiger partial charge in [0, 0.05) is 12.7 Å². The number of aryl methyl sites for hydroxylation is 1. The molecule has 1 aliphatic rings. The van der Waals surface area contributed by atoms with Gasteiger partial charge in [0.1, 0.15) is 0 Å². The van der Waals surface area contributed by atoms with Gasteiger partial charge in [-0.15, -0.1) is 0 Å². The van der Waals surface area contributed by atoms with Crippen LogP contribution in [0.4, 0.5) is 11.4 Å². The van der Waals surface area contributed by atoms with Gasteiger partial charge in [-0.3, -0.25) is 14.5 Å². The fraction of sp³-hybridized carbons (Fsp3) is 0.364. The zero-order valence-electron chi connectivity index (χ0n) is 16.1. The number of hydrogen-bond donors (Lipinski definition) is 1. The number of nitrogens with one attached hydrogen (secondary N) is 1. The number of piperidine rings is 1. The fourth-order valence-electron chi connectivity index (χ4n) is 3.34. The molecular formula is C22H27N3O2. The SMILES string of the molecule is Cc1ccc(NC(=O)c2ccccc2N(C)C(=O)CN2CCCCC2)cc1. The van der Waals surface area contributed by atoms with E-state index in [-0.39, 0.29) is 11.8 Å². The first-order valence-electron chi connectivity index (χ1n) is 9.50. The Hall–Kier alpha value is -2.66. The Bertz CT molecular complexity index is 795. The number of benzene rings is 2. The van der Waals surface area contributed by atoms with E-state index < -0.39 is 0 Å². The number of hydrogen-bond acceptors (Lipinski definition) is 3. The highest BCUT2D eigenvalue weighted by Crippen LogP contribution is 2.22. The summed E-state index contributed by atoms with van der Waals surface area (Å²) in [4.78, 5) is 29.3. The molecular weight excluding hydrogens is 338 g/mol. The first-order chi connectivity index (χ1) is 13.0. The molecule has 1 fully saturated rings. The van der Waals surface area contributed by atoms with Crippen molar-refractivity contribution in [3.05, 3.63) is 59.7 Å². The van der Waals surface area contributed by atoms with Crippen LogP contribution < -0.4 is 10.2 Å². The Morgan fingerprint density at radius 3 is 2.37 bits per heavy atom. The molecule has 0 spiro atoms. The summed E-state index contributed by atoms with van der Waals surface area (Å²) in [5.41, 5.74) is 3.00. The van der Waals surface area contributed by atoms with Crippen LogP contribution in [0, 0.1) is 6.92 Å². The largest absolute Gasteiger partial charge is 0.322 e. The molecule has 3 rings (SSSR count). The average Bonchev–Trinajstić information content (AvgIpc) is 2.70. The molecule has 27 heavy (non-hydrogen) atoms. The van der Waals surface area contributed by atoms with Gasteiger partial charge in [0.2, 0.25) is 5.91 Å². The van der Waals surface area contributed by atoms with Crippen LogP contribution in [0.25, 0.3) is 0 Å². The topological polar surface area (TPSA) is 52.7 Å². The molecule has 0 radical (unpaired) electrons. The number of nitrogens with zero attached hydrogens (tertiary/aromatic N) is 2. The first kappa shape index (κ1) is 19.1. The van der Waals surface area contributed by atoms with Crippen LogP contribution in [-0.4, -0.2) is 43.4 Å². The summed E-state index contributed by atoms with van der Waals surface area (Å²) >= 11 is 0. The summed E-state index contributed by atoms with van der Waals surface area (Å²) in [6.07, 6.45) is 3.53. The molecule has 2 amide bonds. The van der Waals surface area contributed by atoms with E-state index in [1.165, 1.54) is 6.42 Å². The van der Waals surface area contributed by atoms with E-state index in [0.717, 1.165) is 37.2 Å². The number of carbonyl (C=O) groups excluding carboxylic acids is 2. The molecule has 1 heterocycles. The van der Waals surface area contributed by atoms with E-state index in [9.17, 15) is 9.59 Å². The van der Waals surface area contributed by atoms with E-state index >= 15 is 0 Å². The van der Waals surface area contributed by atoms with E-state index in [2.05, 4.69) is 10.2 Å². The van der Waals surface area contributed by atoms with Crippen molar-refractivity contribution < 1.29 is 9.59 Å². The smallest absolute Gasteiger partial charge is 0.257 e. The summed E-state index contributed by atoms with van der Waals surface area (Å²) < 4.78 is 0. The Labute approximate surface area is 161 Å². The minimum Gasteiger partial charge on any atom is -0.322 e. The normalized spacial score (nSPS) is 14.6. The maximum Gasteiger partial charge on any atom is 0.257 e. The molecule has 1 N–H and O–H groups in total. The molecule has 5 heteroatoms. The summed E-state index contributed by atoms with van der Waals surface area (Å²) in [6, 6.07) is 14.9. The van der Waals surface area contributed by atoms with Crippen molar-refractivity contribution in [2.24, 2.45) is 0 Å². The molecule has 2 aromatic rings. The highest BCUT2D eigenvalue weighted by Gasteiger charge is 2.21. The standard InChI is InChI=1S/C22H27N3O2/c1-17-10-12-18(13-11-17)23-22(27)19-8-4-5-9-20(19)24(2)21(26)16-25-14-6-3-7-15-25/h4-5,8-13H,3,6-7,14-16H2,1-2H3,(H,23,27). The molecule has 0 aliphatic carbocycles. The Kier molecular flexibility index (Phi) is 6.24. The van der Waals surface area contributed by atoms with Crippen molar-refractivity contribution in [3.8, 4) is 0 Å². The Morgan fingerprint density at radius 1 is 1.00 bits per heavy atom. The highest BCUT2D eigenvalue weighted by molar-refractivity contribution is 6.10. The lowest BCUT2D eigenvalue weighted by Gasteiger charge is -2.28. The molecule has 142 valence electrons. The zero-order chi connectivity index (χ0) is 19.2. The molecule has 0 unspecified atom stereocenters. The van der Waals surface area contributed by atoms with E-state index in [1.807, 2.05) is 49.4 Å². The van der Waals surface area contributed by atoms with Gasteiger partial charge in [-0.25, -0.2) is 0 Å². The fourth-order valence-corrected chi connectivity index (χ4v) is 3.34. The second-order valence-corrected chi connectivity index (χ2v) is 7.13. The van der Waals surface area contributed by atoms with Gasteiger partial charge >= 0.3 is 0 Å². The lowest BCUT2D eigenvalue weighted by atomic mass is 10.1. The van der Waals surface area contributed by atoms with E-state index in [1.54, 1.807) is 18.0 Å². The summed E-state index contributed by atoms with van der Waals surface area (Å²) in [6.45, 7) is 4.33. The maximum absolute atomic E-state index is 12.8. The van der Waals surface area contributed by atoms with Crippen LogP contribution in [0.2, 0.25) is 0 Å². The summed E-state index contributed by atoms with van der Waals surface area (Å²) in [7, 11) is 1.74. The van der Waals surface area contributed by atoms with Gasteiger partial charge < -0.3 is 10.2 Å². The van der Waals surface area contributed by atoms with Crippen LogP contribution >= 0.6 is 0 Å². The van der Waals surface area contributed by atoms with Crippen molar-refractivity contribution in [2.75, 3.05) is 36.9 Å². The second kappa shape index (κ2) is 8.82. The molecule has 5 nitrogen and oxygen atoms in total. The van der Waals surface area contributed by atoms with Gasteiger partial charge in [-0.2, -0.15) is 0 Å². The second-order valence-electron chi connectivity index (χ2n) is 7.13. The molecule has 1 saturated heterocycles. The van der Waals surface area contributed by atoms with Crippen molar-refractivity contribution in [2.45, 2.75) is 26.2 Å². The zero-order valence-corrected chi connectivity index (χ0v) is 16.1. The number of rotatable bonds is 5. The molecule has 2 aromatic carbocycles. The number of para-hydroxylation sites is 1. The number of amides is 2. The van der Waals surface area contributed by atoms with Gasteiger partial charge in [0.25, 0.3) is 5.91 Å². The third-order valence-corrected chi connectivity index (χ3v) is 5.00. The van der Waals surface area contributed by atoms with Crippen LogP contribution in [0.3, 0.4) is 0 Å². The van der Waals surface area contributed by atoms with Crippen LogP contribution in [0.5, 0.6) is 0 Å². The summed E-state index contributed by atoms with van der Waals surface area (Å²) in [5, 5.41) is 2.91. The number of carbonyl (C=O) groups is 2. The van der Waals surface area contributed by atoms with Gasteiger partial charge in [-0.1, -0.05) is 36.2 Å². The van der Waals surface area contributed by atoms with Gasteiger partial charge in [0.15, 0.2) is 0 Å². The van der Waals surface area contributed by atoms with Crippen LogP contribution in [-0.2, 0) is 4.79 Å². The van der Waals surface area contributed by atoms with Crippen LogP contribution in [0.1, 0.15) is 35.2 Å². The average molecular weight is 365 g/mol. The van der Waals surface area contributed by atoms with Gasteiger partial charge in [-0.05, 0) is 57.1 Å². The molecule has 0 saturated carbocycles. The monoisotopic (exact) mass is 365 g/mol. The summed E-state index contributed by atoms with van der Waals surface area (Å²) in [5.74, 6) is -0.209. The first-order valence-corrected chi connectivity index (χ1v) is 9.50. The lowest BCUT2D eigenvalue weighted by molar-refractivity contribution is -0.119. The van der Waals surface area contributed by atoms with E-state index in [4.69, 9.17) is 0 Å². The van der Waals surface area contributed by atoms with Crippen molar-refractivity contribution in [1.29, 1.82) is 0 Å². The van der Waals surface area contributed by atoms with Crippen molar-refractivity contribution in [1.82, 2.24) is 4.90 Å². The van der Waals surface area contributed by atoms with Crippen molar-refractivity contribution >= 4 is 23.2 Å². The third kappa shape index (κ3) is 4.95. The predicted molar refractivity (Wildman–Crippen MR) is 109 cm³/mol. The third-order valence-electron chi connectivity index (χ3n) is 5.00. The number of likely N-dealkylation sites (tertiary alicyclic amines) is 1. The predicted octanol–water partition coefficient (Wildman–Crippen LogP) is 3.70. The maximum atomic E-state index is 12.8.